The molecule has 1 aromatic heterocycles. The van der Waals surface area contributed by atoms with E-state index in [9.17, 15) is 4.79 Å². The van der Waals surface area contributed by atoms with Crippen LogP contribution in [0.3, 0.4) is 0 Å². The minimum atomic E-state index is -0.339. The molecule has 2 aromatic rings. The SMILES string of the molecule is CNC(=O)C(C)n1cc(-c2ccccc2N)cn1. The Morgan fingerprint density at radius 1 is 1.44 bits per heavy atom. The molecule has 1 unspecified atom stereocenters. The van der Waals surface area contributed by atoms with E-state index in [-0.39, 0.29) is 11.9 Å². The molecule has 5 heteroatoms. The monoisotopic (exact) mass is 244 g/mol. The van der Waals surface area contributed by atoms with Gasteiger partial charge in [-0.3, -0.25) is 9.48 Å². The van der Waals surface area contributed by atoms with E-state index in [4.69, 9.17) is 5.73 Å². The summed E-state index contributed by atoms with van der Waals surface area (Å²) in [7, 11) is 1.61. The summed E-state index contributed by atoms with van der Waals surface area (Å²) >= 11 is 0. The van der Waals surface area contributed by atoms with Gasteiger partial charge in [-0.1, -0.05) is 18.2 Å². The molecule has 0 aliphatic rings. The number of para-hydroxylation sites is 1. The van der Waals surface area contributed by atoms with Gasteiger partial charge in [0.25, 0.3) is 0 Å². The molecule has 94 valence electrons. The predicted molar refractivity (Wildman–Crippen MR) is 70.9 cm³/mol. The maximum Gasteiger partial charge on any atom is 0.244 e. The predicted octanol–water partition coefficient (Wildman–Crippen LogP) is 1.44. The average Bonchev–Trinajstić information content (AvgIpc) is 2.87. The van der Waals surface area contributed by atoms with Crippen molar-refractivity contribution in [3.8, 4) is 11.1 Å². The van der Waals surface area contributed by atoms with Gasteiger partial charge >= 0.3 is 0 Å². The van der Waals surface area contributed by atoms with Crippen LogP contribution in [0.5, 0.6) is 0 Å². The third-order valence-corrected chi connectivity index (χ3v) is 2.90. The van der Waals surface area contributed by atoms with Crippen LogP contribution in [0.1, 0.15) is 13.0 Å². The molecule has 1 aromatic carbocycles. The van der Waals surface area contributed by atoms with Gasteiger partial charge in [0.2, 0.25) is 5.91 Å². The number of amides is 1. The molecule has 18 heavy (non-hydrogen) atoms. The fraction of sp³-hybridized carbons (Fsp3) is 0.231. The normalized spacial score (nSPS) is 12.1. The minimum absolute atomic E-state index is 0.0781. The van der Waals surface area contributed by atoms with Crippen LogP contribution in [0.25, 0.3) is 11.1 Å². The van der Waals surface area contributed by atoms with Crippen molar-refractivity contribution in [2.24, 2.45) is 0 Å². The highest BCUT2D eigenvalue weighted by molar-refractivity contribution is 5.80. The molecule has 5 nitrogen and oxygen atoms in total. The van der Waals surface area contributed by atoms with Crippen LogP contribution >= 0.6 is 0 Å². The van der Waals surface area contributed by atoms with Crippen LogP contribution in [0.15, 0.2) is 36.7 Å². The van der Waals surface area contributed by atoms with Crippen LogP contribution in [-0.2, 0) is 4.79 Å². The van der Waals surface area contributed by atoms with E-state index in [1.807, 2.05) is 30.5 Å². The van der Waals surface area contributed by atoms with E-state index in [2.05, 4.69) is 10.4 Å². The molecule has 3 N–H and O–H groups in total. The third kappa shape index (κ3) is 2.20. The number of rotatable bonds is 3. The Kier molecular flexibility index (Phi) is 3.32. The van der Waals surface area contributed by atoms with Crippen molar-refractivity contribution in [3.63, 3.8) is 0 Å². The molecule has 1 heterocycles. The molecular formula is C13H16N4O. The van der Waals surface area contributed by atoms with Crippen molar-refractivity contribution in [2.75, 3.05) is 12.8 Å². The number of carbonyl (C=O) groups excluding carboxylic acids is 1. The van der Waals surface area contributed by atoms with Crippen LogP contribution in [0.4, 0.5) is 5.69 Å². The standard InChI is InChI=1S/C13H16N4O/c1-9(13(18)15-2)17-8-10(7-16-17)11-5-3-4-6-12(11)14/h3-9H,14H2,1-2H3,(H,15,18). The highest BCUT2D eigenvalue weighted by atomic mass is 16.2. The number of carbonyl (C=O) groups is 1. The molecule has 0 bridgehead atoms. The van der Waals surface area contributed by atoms with Gasteiger partial charge in [-0.2, -0.15) is 5.10 Å². The van der Waals surface area contributed by atoms with Gasteiger partial charge in [0.1, 0.15) is 6.04 Å². The molecular weight excluding hydrogens is 228 g/mol. The van der Waals surface area contributed by atoms with Gasteiger partial charge in [-0.05, 0) is 13.0 Å². The third-order valence-electron chi connectivity index (χ3n) is 2.90. The van der Waals surface area contributed by atoms with Crippen molar-refractivity contribution < 1.29 is 4.79 Å². The van der Waals surface area contributed by atoms with Gasteiger partial charge in [-0.15, -0.1) is 0 Å². The molecule has 0 saturated heterocycles. The van der Waals surface area contributed by atoms with E-state index in [1.165, 1.54) is 0 Å². The molecule has 0 radical (unpaired) electrons. The zero-order valence-corrected chi connectivity index (χ0v) is 10.4. The summed E-state index contributed by atoms with van der Waals surface area (Å²) in [4.78, 5) is 11.5. The molecule has 0 aliphatic carbocycles. The second-order valence-electron chi connectivity index (χ2n) is 4.09. The van der Waals surface area contributed by atoms with E-state index >= 15 is 0 Å². The molecule has 0 spiro atoms. The van der Waals surface area contributed by atoms with Crippen molar-refractivity contribution in [2.45, 2.75) is 13.0 Å². The fourth-order valence-electron chi connectivity index (χ4n) is 1.78. The smallest absolute Gasteiger partial charge is 0.244 e. The first-order chi connectivity index (χ1) is 8.63. The summed E-state index contributed by atoms with van der Waals surface area (Å²) in [6, 6.07) is 7.24. The summed E-state index contributed by atoms with van der Waals surface area (Å²) in [6.45, 7) is 1.80. The Labute approximate surface area is 106 Å². The largest absolute Gasteiger partial charge is 0.398 e. The average molecular weight is 244 g/mol. The summed E-state index contributed by atoms with van der Waals surface area (Å²) in [5.41, 5.74) is 8.44. The number of aromatic nitrogens is 2. The first-order valence-electron chi connectivity index (χ1n) is 5.74. The number of anilines is 1. The fourth-order valence-corrected chi connectivity index (χ4v) is 1.78. The lowest BCUT2D eigenvalue weighted by atomic mass is 10.1. The Hall–Kier alpha value is -2.30. The molecule has 0 aliphatic heterocycles. The van der Waals surface area contributed by atoms with Crippen molar-refractivity contribution >= 4 is 11.6 Å². The van der Waals surface area contributed by atoms with Gasteiger partial charge < -0.3 is 11.1 Å². The number of hydrogen-bond acceptors (Lipinski definition) is 3. The van der Waals surface area contributed by atoms with Gasteiger partial charge in [0.15, 0.2) is 0 Å². The van der Waals surface area contributed by atoms with Crippen molar-refractivity contribution in [3.05, 3.63) is 36.7 Å². The Morgan fingerprint density at radius 3 is 2.83 bits per heavy atom. The number of nitrogens with two attached hydrogens (primary N) is 1. The lowest BCUT2D eigenvalue weighted by Gasteiger charge is -2.09. The molecule has 1 amide bonds. The summed E-state index contributed by atoms with van der Waals surface area (Å²) in [6.07, 6.45) is 3.54. The van der Waals surface area contributed by atoms with E-state index in [0.717, 1.165) is 11.1 Å². The zero-order chi connectivity index (χ0) is 13.1. The quantitative estimate of drug-likeness (QED) is 0.802. The Bertz CT molecular complexity index is 562. The van der Waals surface area contributed by atoms with Gasteiger partial charge in [-0.25, -0.2) is 0 Å². The van der Waals surface area contributed by atoms with Gasteiger partial charge in [0, 0.05) is 30.1 Å². The minimum Gasteiger partial charge on any atom is -0.398 e. The summed E-state index contributed by atoms with van der Waals surface area (Å²) < 4.78 is 1.63. The first kappa shape index (κ1) is 12.2. The maximum absolute atomic E-state index is 11.5. The number of nitrogens with one attached hydrogen (secondary N) is 1. The summed E-state index contributed by atoms with van der Waals surface area (Å²) in [5.74, 6) is -0.0781. The van der Waals surface area contributed by atoms with E-state index in [1.54, 1.807) is 24.9 Å². The van der Waals surface area contributed by atoms with E-state index in [0.29, 0.717) is 5.69 Å². The molecule has 2 rings (SSSR count). The zero-order valence-electron chi connectivity index (χ0n) is 10.4. The number of nitrogen functional groups attached to an aromatic ring is 1. The molecule has 0 saturated carbocycles. The lowest BCUT2D eigenvalue weighted by Crippen LogP contribution is -2.27. The number of likely N-dealkylation sites (N-methyl/N-ethyl adjacent to an activating group) is 1. The summed E-state index contributed by atoms with van der Waals surface area (Å²) in [5, 5.41) is 6.80. The first-order valence-corrected chi connectivity index (χ1v) is 5.74. The van der Waals surface area contributed by atoms with Crippen LogP contribution in [0.2, 0.25) is 0 Å². The Morgan fingerprint density at radius 2 is 2.17 bits per heavy atom. The topological polar surface area (TPSA) is 72.9 Å². The molecule has 0 fully saturated rings. The van der Waals surface area contributed by atoms with Crippen LogP contribution in [0, 0.1) is 0 Å². The van der Waals surface area contributed by atoms with Crippen molar-refractivity contribution in [1.82, 2.24) is 15.1 Å². The molecule has 1 atom stereocenters. The lowest BCUT2D eigenvalue weighted by molar-refractivity contribution is -0.123. The maximum atomic E-state index is 11.5. The van der Waals surface area contributed by atoms with Gasteiger partial charge in [0.05, 0.1) is 6.20 Å². The van der Waals surface area contributed by atoms with E-state index < -0.39 is 0 Å². The Balaban J connectivity index is 2.31. The van der Waals surface area contributed by atoms with Crippen molar-refractivity contribution in [1.29, 1.82) is 0 Å². The van der Waals surface area contributed by atoms with Crippen LogP contribution < -0.4 is 11.1 Å². The highest BCUT2D eigenvalue weighted by Gasteiger charge is 2.15. The van der Waals surface area contributed by atoms with Crippen LogP contribution in [-0.4, -0.2) is 22.7 Å². The second-order valence-corrected chi connectivity index (χ2v) is 4.09. The number of benzene rings is 1. The second kappa shape index (κ2) is 4.91. The number of hydrogen-bond donors (Lipinski definition) is 2. The number of nitrogens with zero attached hydrogens (tertiary/aromatic N) is 2. The highest BCUT2D eigenvalue weighted by Crippen LogP contribution is 2.25.